The van der Waals surface area contributed by atoms with E-state index in [0.29, 0.717) is 0 Å². The van der Waals surface area contributed by atoms with E-state index in [1.165, 1.54) is 0 Å². The third-order valence-electron chi connectivity index (χ3n) is 0.221. The van der Waals surface area contributed by atoms with Crippen LogP contribution in [0.1, 0.15) is 4.28 Å². The molecule has 0 aromatic carbocycles. The summed E-state index contributed by atoms with van der Waals surface area (Å²) in [6.45, 7) is 0. The molecule has 6 nitrogen and oxygen atoms in total. The molecule has 0 bridgehead atoms. The Balaban J connectivity index is -0.0000000245. The van der Waals surface area contributed by atoms with E-state index in [-0.39, 0.29) is 101 Å². The number of rotatable bonds is 0. The Hall–Kier alpha value is 1.66. The minimum Gasteiger partial charge on any atom is -1.00 e. The van der Waals surface area contributed by atoms with Gasteiger partial charge in [-0.2, -0.15) is 0 Å². The fourth-order valence-electron chi connectivity index (χ4n) is 0.0855. The summed E-state index contributed by atoms with van der Waals surface area (Å²) in [6.07, 6.45) is -3.24. The van der Waals surface area contributed by atoms with E-state index in [1.807, 2.05) is 0 Å². The van der Waals surface area contributed by atoms with E-state index in [0.717, 1.165) is 0 Å². The second kappa shape index (κ2) is 10.7. The molecule has 0 spiro atoms. The molecular formula is C2H5KN2O4Sr. The maximum Gasteiger partial charge on any atom is 2.00 e. The van der Waals surface area contributed by atoms with Crippen LogP contribution in [0.15, 0.2) is 10.2 Å². The number of amides is 2. The van der Waals surface area contributed by atoms with Gasteiger partial charge in [0.05, 0.1) is 0 Å². The molecule has 0 saturated carbocycles. The summed E-state index contributed by atoms with van der Waals surface area (Å²) in [4.78, 5) is 18.8. The molecule has 2 N–H and O–H groups in total. The molecule has 0 aromatic heterocycles. The molecule has 0 saturated heterocycles. The Morgan fingerprint density at radius 1 is 1.10 bits per heavy atom. The van der Waals surface area contributed by atoms with Gasteiger partial charge < -0.3 is 14.5 Å². The Kier molecular flexibility index (Phi) is 18.8. The van der Waals surface area contributed by atoms with Gasteiger partial charge in [0.25, 0.3) is 0 Å². The van der Waals surface area contributed by atoms with Gasteiger partial charge in [0.15, 0.2) is 0 Å². The fourth-order valence-corrected chi connectivity index (χ4v) is 0.0855. The molecule has 0 atom stereocenters. The zero-order valence-electron chi connectivity index (χ0n) is 8.31. The molecule has 8 heteroatoms. The summed E-state index contributed by atoms with van der Waals surface area (Å²) < 4.78 is 0. The van der Waals surface area contributed by atoms with Crippen LogP contribution in [0.2, 0.25) is 0 Å². The van der Waals surface area contributed by atoms with Crippen molar-refractivity contribution >= 4 is 57.7 Å². The zero-order valence-corrected chi connectivity index (χ0v) is 11.9. The molecule has 2 amide bonds. The predicted molar refractivity (Wildman–Crippen MR) is 30.0 cm³/mol. The summed E-state index contributed by atoms with van der Waals surface area (Å²) in [6, 6.07) is 0. The smallest absolute Gasteiger partial charge is 1.00 e. The number of carboxylic acid groups (broad SMARTS) is 2. The minimum absolute atomic E-state index is 0. The first kappa shape index (κ1) is 17.7. The molecule has 0 aliphatic carbocycles. The molecule has 50 valence electrons. The van der Waals surface area contributed by atoms with Crippen LogP contribution in [-0.2, 0) is 0 Å². The Bertz CT molecular complexity index is 142. The van der Waals surface area contributed by atoms with E-state index in [2.05, 4.69) is 10.2 Å². The Morgan fingerprint density at radius 3 is 1.40 bits per heavy atom. The van der Waals surface area contributed by atoms with Crippen molar-refractivity contribution in [1.82, 2.24) is 0 Å². The summed E-state index contributed by atoms with van der Waals surface area (Å²) in [5, 5.41) is 19.8. The van der Waals surface area contributed by atoms with Crippen LogP contribution in [0.3, 0.4) is 0 Å². The number of carbonyl (C=O) groups is 2. The Morgan fingerprint density at radius 2 is 1.30 bits per heavy atom. The van der Waals surface area contributed by atoms with Crippen molar-refractivity contribution in [3.8, 4) is 0 Å². The summed E-state index contributed by atoms with van der Waals surface area (Å²) in [5.74, 6) is 0. The van der Waals surface area contributed by atoms with E-state index in [9.17, 15) is 9.59 Å². The summed E-state index contributed by atoms with van der Waals surface area (Å²) in [7, 11) is 0. The average Bonchev–Trinajstić information content (AvgIpc) is 1.61. The van der Waals surface area contributed by atoms with Gasteiger partial charge in [-0.15, -0.1) is 0 Å². The van der Waals surface area contributed by atoms with Crippen molar-refractivity contribution in [1.29, 1.82) is 0 Å². The number of nitrogens with zero attached hydrogens (tertiary/aromatic N) is 2. The molecule has 0 aliphatic heterocycles. The minimum atomic E-state index is -1.62. The number of azo groups is 1. The molecule has 0 unspecified atom stereocenters. The maximum absolute atomic E-state index is 9.38. The predicted octanol–water partition coefficient (Wildman–Crippen LogP) is -2.24. The van der Waals surface area contributed by atoms with Gasteiger partial charge in [-0.3, -0.25) is 0 Å². The first-order chi connectivity index (χ1) is 3.63. The van der Waals surface area contributed by atoms with Crippen LogP contribution >= 0.6 is 0 Å². The topological polar surface area (TPSA) is 99.3 Å². The normalized spacial score (nSPS) is 7.60. The van der Waals surface area contributed by atoms with Crippen molar-refractivity contribution in [2.75, 3.05) is 0 Å². The molecule has 0 aromatic rings. The molecule has 0 fully saturated rings. The molecule has 0 rings (SSSR count). The molecular weight excluding hydrogens is 243 g/mol. The van der Waals surface area contributed by atoms with E-state index in [1.54, 1.807) is 0 Å². The number of hydrogen-bond acceptors (Lipinski definition) is 2. The molecule has 10 heavy (non-hydrogen) atoms. The quantitative estimate of drug-likeness (QED) is 0.373. The molecule has 0 heterocycles. The zero-order chi connectivity index (χ0) is 6.57. The first-order valence-corrected chi connectivity index (χ1v) is 1.50. The van der Waals surface area contributed by atoms with Crippen molar-refractivity contribution in [2.45, 2.75) is 0 Å². The van der Waals surface area contributed by atoms with Gasteiger partial charge >= 0.3 is 109 Å². The maximum atomic E-state index is 9.38. The molecule has 0 radical (unpaired) electrons. The second-order valence-corrected chi connectivity index (χ2v) is 0.765. The van der Waals surface area contributed by atoms with Gasteiger partial charge in [-0.1, -0.05) is 10.2 Å². The van der Waals surface area contributed by atoms with E-state index in [4.69, 9.17) is 10.2 Å². The van der Waals surface area contributed by atoms with Crippen LogP contribution in [0, 0.1) is 0 Å². The van der Waals surface area contributed by atoms with Gasteiger partial charge in [0.2, 0.25) is 0 Å². The summed E-state index contributed by atoms with van der Waals surface area (Å²) in [5.41, 5.74) is 0. The largest absolute Gasteiger partial charge is 2.00 e. The monoisotopic (exact) mass is 248 g/mol. The SMILES string of the molecule is O=C(O)N=NC(=O)O.[H-].[H-].[H-].[K+].[Sr+2]. The summed E-state index contributed by atoms with van der Waals surface area (Å²) >= 11 is 0. The molecule has 0 aliphatic rings. The first-order valence-electron chi connectivity index (χ1n) is 1.50. The third kappa shape index (κ3) is 16.3. The van der Waals surface area contributed by atoms with Crippen molar-refractivity contribution < 1.29 is 75.5 Å². The van der Waals surface area contributed by atoms with Gasteiger partial charge in [-0.05, 0) is 0 Å². The van der Waals surface area contributed by atoms with Crippen LogP contribution in [0.4, 0.5) is 9.59 Å². The average molecular weight is 248 g/mol. The van der Waals surface area contributed by atoms with Gasteiger partial charge in [0.1, 0.15) is 0 Å². The van der Waals surface area contributed by atoms with Crippen LogP contribution in [-0.4, -0.2) is 67.9 Å². The van der Waals surface area contributed by atoms with Gasteiger partial charge in [0, 0.05) is 0 Å². The van der Waals surface area contributed by atoms with Crippen molar-refractivity contribution in [3.63, 3.8) is 0 Å². The van der Waals surface area contributed by atoms with Crippen LogP contribution < -0.4 is 51.4 Å². The Labute approximate surface area is 140 Å². The fraction of sp³-hybridized carbons (Fsp3) is 0. The standard InChI is InChI=1S/C2H2N2O4.K.Sr.3H/c5-1(6)3-4-2(7)8;;;;;/h(H,5,6)(H,7,8);;;;;/q;+1;+2;3*-1. The van der Waals surface area contributed by atoms with Crippen LogP contribution in [0.25, 0.3) is 0 Å². The van der Waals surface area contributed by atoms with E-state index >= 15 is 0 Å². The number of hydrogen-bond donors (Lipinski definition) is 2. The van der Waals surface area contributed by atoms with Gasteiger partial charge in [-0.25, -0.2) is 9.59 Å². The van der Waals surface area contributed by atoms with Crippen molar-refractivity contribution in [2.24, 2.45) is 10.2 Å². The second-order valence-electron chi connectivity index (χ2n) is 0.765. The van der Waals surface area contributed by atoms with Crippen LogP contribution in [0.5, 0.6) is 0 Å². The van der Waals surface area contributed by atoms with Crippen molar-refractivity contribution in [3.05, 3.63) is 0 Å². The van der Waals surface area contributed by atoms with E-state index < -0.39 is 12.2 Å². The third-order valence-corrected chi connectivity index (χ3v) is 0.221.